The first kappa shape index (κ1) is 15.4. The second-order valence-electron chi connectivity index (χ2n) is 4.30. The van der Waals surface area contributed by atoms with Crippen molar-refractivity contribution in [1.29, 1.82) is 0 Å². The largest absolute Gasteiger partial charge is 0.396 e. The lowest BCUT2D eigenvalue weighted by atomic mass is 10.1. The Balaban J connectivity index is 3.11. The maximum Gasteiger partial charge on any atom is 0.219 e. The number of carbonyl (C=O) groups excluding carboxylic acids is 1. The predicted molar refractivity (Wildman–Crippen MR) is 67.3 cm³/mol. The molecule has 2 N–H and O–H groups in total. The molecule has 3 nitrogen and oxygen atoms in total. The number of unbranched alkanes of at least 4 members (excludes halogenated alkanes) is 6. The minimum Gasteiger partial charge on any atom is -0.396 e. The van der Waals surface area contributed by atoms with Crippen LogP contribution >= 0.6 is 0 Å². The highest BCUT2D eigenvalue weighted by molar-refractivity contribution is 5.75. The molecule has 0 fully saturated rings. The topological polar surface area (TPSA) is 49.3 Å². The zero-order valence-corrected chi connectivity index (χ0v) is 10.6. The van der Waals surface area contributed by atoms with Gasteiger partial charge in [0.1, 0.15) is 0 Å². The molecule has 0 unspecified atom stereocenters. The van der Waals surface area contributed by atoms with Crippen LogP contribution in [0.3, 0.4) is 0 Å². The fourth-order valence-corrected chi connectivity index (χ4v) is 1.62. The highest BCUT2D eigenvalue weighted by Gasteiger charge is 1.99. The molecular weight excluding hydrogens is 202 g/mol. The van der Waals surface area contributed by atoms with Crippen molar-refractivity contribution >= 4 is 5.91 Å². The van der Waals surface area contributed by atoms with Crippen LogP contribution in [0, 0.1) is 0 Å². The van der Waals surface area contributed by atoms with Crippen LogP contribution in [0.15, 0.2) is 0 Å². The van der Waals surface area contributed by atoms with E-state index in [4.69, 9.17) is 5.11 Å². The summed E-state index contributed by atoms with van der Waals surface area (Å²) in [5, 5.41) is 11.5. The van der Waals surface area contributed by atoms with E-state index in [-0.39, 0.29) is 12.5 Å². The van der Waals surface area contributed by atoms with E-state index in [1.165, 1.54) is 19.3 Å². The summed E-state index contributed by atoms with van der Waals surface area (Å²) in [6, 6.07) is 0. The molecule has 0 aromatic rings. The number of hydrogen-bond donors (Lipinski definition) is 2. The fraction of sp³-hybridized carbons (Fsp3) is 0.923. The third-order valence-corrected chi connectivity index (χ3v) is 2.66. The van der Waals surface area contributed by atoms with Crippen molar-refractivity contribution in [2.75, 3.05) is 13.2 Å². The Morgan fingerprint density at radius 1 is 1.00 bits per heavy atom. The van der Waals surface area contributed by atoms with Gasteiger partial charge in [0.2, 0.25) is 5.91 Å². The second-order valence-corrected chi connectivity index (χ2v) is 4.30. The molecule has 0 aromatic carbocycles. The van der Waals surface area contributed by atoms with Gasteiger partial charge in [0, 0.05) is 19.6 Å². The van der Waals surface area contributed by atoms with Crippen molar-refractivity contribution in [3.05, 3.63) is 0 Å². The normalized spacial score (nSPS) is 10.4. The maximum atomic E-state index is 11.3. The Hall–Kier alpha value is -0.570. The van der Waals surface area contributed by atoms with Crippen LogP contribution in [0.4, 0.5) is 0 Å². The lowest BCUT2D eigenvalue weighted by molar-refractivity contribution is -0.121. The van der Waals surface area contributed by atoms with E-state index in [1.54, 1.807) is 0 Å². The van der Waals surface area contributed by atoms with Gasteiger partial charge in [-0.3, -0.25) is 4.79 Å². The van der Waals surface area contributed by atoms with E-state index in [0.717, 1.165) is 38.6 Å². The number of rotatable bonds is 11. The first-order valence-corrected chi connectivity index (χ1v) is 6.68. The monoisotopic (exact) mass is 229 g/mol. The lowest BCUT2D eigenvalue weighted by Crippen LogP contribution is -2.23. The van der Waals surface area contributed by atoms with Crippen LogP contribution in [0.25, 0.3) is 0 Å². The third kappa shape index (κ3) is 11.5. The van der Waals surface area contributed by atoms with Gasteiger partial charge in [-0.25, -0.2) is 0 Å². The summed E-state index contributed by atoms with van der Waals surface area (Å²) in [5.74, 6) is 0.193. The van der Waals surface area contributed by atoms with Gasteiger partial charge in [-0.05, 0) is 19.3 Å². The molecule has 1 amide bonds. The van der Waals surface area contributed by atoms with Gasteiger partial charge in [-0.15, -0.1) is 0 Å². The van der Waals surface area contributed by atoms with Crippen LogP contribution < -0.4 is 5.32 Å². The number of aliphatic hydroxyl groups excluding tert-OH is 1. The van der Waals surface area contributed by atoms with Crippen molar-refractivity contribution in [1.82, 2.24) is 5.32 Å². The molecule has 3 heteroatoms. The van der Waals surface area contributed by atoms with Gasteiger partial charge in [0.05, 0.1) is 0 Å². The summed E-state index contributed by atoms with van der Waals surface area (Å²) >= 11 is 0. The summed E-state index contributed by atoms with van der Waals surface area (Å²) in [6.07, 6.45) is 9.37. The molecule has 0 bridgehead atoms. The van der Waals surface area contributed by atoms with Gasteiger partial charge in [0.15, 0.2) is 0 Å². The molecule has 0 spiro atoms. The van der Waals surface area contributed by atoms with Crippen LogP contribution in [0.5, 0.6) is 0 Å². The van der Waals surface area contributed by atoms with Crippen LogP contribution in [-0.4, -0.2) is 24.2 Å². The molecule has 0 aliphatic heterocycles. The highest BCUT2D eigenvalue weighted by Crippen LogP contribution is 2.02. The molecule has 0 atom stereocenters. The summed E-state index contributed by atoms with van der Waals surface area (Å²) in [7, 11) is 0. The van der Waals surface area contributed by atoms with Crippen LogP contribution in [0.1, 0.15) is 64.7 Å². The maximum absolute atomic E-state index is 11.3. The minimum atomic E-state index is 0.193. The lowest BCUT2D eigenvalue weighted by Gasteiger charge is -2.04. The molecule has 16 heavy (non-hydrogen) atoms. The van der Waals surface area contributed by atoms with Gasteiger partial charge < -0.3 is 10.4 Å². The number of amides is 1. The van der Waals surface area contributed by atoms with Crippen molar-refractivity contribution in [2.45, 2.75) is 64.7 Å². The zero-order valence-electron chi connectivity index (χ0n) is 10.6. The number of hydrogen-bond acceptors (Lipinski definition) is 2. The molecular formula is C13H27NO2. The standard InChI is InChI=1S/C13H27NO2/c1-2-3-4-7-10-13(16)14-11-8-5-6-9-12-15/h15H,2-12H2,1H3,(H,14,16). The Bertz CT molecular complexity index is 160. The quantitative estimate of drug-likeness (QED) is 0.535. The molecule has 96 valence electrons. The summed E-state index contributed by atoms with van der Waals surface area (Å²) in [6.45, 7) is 3.24. The van der Waals surface area contributed by atoms with E-state index in [0.29, 0.717) is 6.42 Å². The van der Waals surface area contributed by atoms with E-state index in [1.807, 2.05) is 0 Å². The zero-order chi connectivity index (χ0) is 12.1. The van der Waals surface area contributed by atoms with E-state index < -0.39 is 0 Å². The Kier molecular flexibility index (Phi) is 12.1. The molecule has 0 aromatic heterocycles. The fourth-order valence-electron chi connectivity index (χ4n) is 1.62. The summed E-state index contributed by atoms with van der Waals surface area (Å²) < 4.78 is 0. The molecule has 0 heterocycles. The Morgan fingerprint density at radius 3 is 2.38 bits per heavy atom. The molecule has 0 saturated heterocycles. The van der Waals surface area contributed by atoms with Gasteiger partial charge in [0.25, 0.3) is 0 Å². The summed E-state index contributed by atoms with van der Waals surface area (Å²) in [5.41, 5.74) is 0. The van der Waals surface area contributed by atoms with Crippen molar-refractivity contribution in [3.63, 3.8) is 0 Å². The average Bonchev–Trinajstić information content (AvgIpc) is 2.29. The van der Waals surface area contributed by atoms with Crippen LogP contribution in [0.2, 0.25) is 0 Å². The first-order chi connectivity index (χ1) is 7.81. The molecule has 0 rings (SSSR count). The van der Waals surface area contributed by atoms with Crippen LogP contribution in [-0.2, 0) is 4.79 Å². The van der Waals surface area contributed by atoms with E-state index in [9.17, 15) is 4.79 Å². The Labute approximate surface area is 99.6 Å². The smallest absolute Gasteiger partial charge is 0.219 e. The summed E-state index contributed by atoms with van der Waals surface area (Å²) in [4.78, 5) is 11.3. The van der Waals surface area contributed by atoms with Crippen molar-refractivity contribution in [2.24, 2.45) is 0 Å². The molecule has 0 radical (unpaired) electrons. The number of aliphatic hydroxyl groups is 1. The molecule has 0 aliphatic rings. The number of nitrogens with one attached hydrogen (secondary N) is 1. The average molecular weight is 229 g/mol. The van der Waals surface area contributed by atoms with E-state index >= 15 is 0 Å². The third-order valence-electron chi connectivity index (χ3n) is 2.66. The predicted octanol–water partition coefficient (Wildman–Crippen LogP) is 2.63. The van der Waals surface area contributed by atoms with Gasteiger partial charge in [-0.2, -0.15) is 0 Å². The number of carbonyl (C=O) groups is 1. The molecule has 0 saturated carbocycles. The van der Waals surface area contributed by atoms with Gasteiger partial charge >= 0.3 is 0 Å². The first-order valence-electron chi connectivity index (χ1n) is 6.68. The Morgan fingerprint density at radius 2 is 1.69 bits per heavy atom. The second kappa shape index (κ2) is 12.5. The molecule has 0 aliphatic carbocycles. The van der Waals surface area contributed by atoms with E-state index in [2.05, 4.69) is 12.2 Å². The SMILES string of the molecule is CCCCCCC(=O)NCCCCCCO. The highest BCUT2D eigenvalue weighted by atomic mass is 16.2. The van der Waals surface area contributed by atoms with Crippen molar-refractivity contribution in [3.8, 4) is 0 Å². The van der Waals surface area contributed by atoms with Crippen molar-refractivity contribution < 1.29 is 9.90 Å². The minimum absolute atomic E-state index is 0.193. The van der Waals surface area contributed by atoms with Gasteiger partial charge in [-0.1, -0.05) is 39.0 Å².